The molecule has 7 nitrogen and oxygen atoms in total. The fourth-order valence-corrected chi connectivity index (χ4v) is 4.04. The Kier molecular flexibility index (Phi) is 6.55. The van der Waals surface area contributed by atoms with E-state index in [1.54, 1.807) is 7.11 Å². The molecule has 1 N–H and O–H groups in total. The van der Waals surface area contributed by atoms with Gasteiger partial charge in [-0.2, -0.15) is 0 Å². The fraction of sp³-hybridized carbons (Fsp3) is 0.700. The maximum absolute atomic E-state index is 12.8. The molecule has 3 heterocycles. The van der Waals surface area contributed by atoms with Crippen molar-refractivity contribution >= 4 is 11.8 Å². The Labute approximate surface area is 161 Å². The van der Waals surface area contributed by atoms with Crippen LogP contribution in [-0.2, 0) is 21.3 Å². The molecule has 0 spiro atoms. The van der Waals surface area contributed by atoms with Gasteiger partial charge in [-0.1, -0.05) is 0 Å². The van der Waals surface area contributed by atoms with Crippen molar-refractivity contribution in [1.29, 1.82) is 0 Å². The van der Waals surface area contributed by atoms with Gasteiger partial charge in [0.15, 0.2) is 0 Å². The Morgan fingerprint density at radius 3 is 2.59 bits per heavy atom. The van der Waals surface area contributed by atoms with E-state index in [1.165, 1.54) is 0 Å². The van der Waals surface area contributed by atoms with Gasteiger partial charge in [0.25, 0.3) is 5.91 Å². The van der Waals surface area contributed by atoms with Crippen molar-refractivity contribution in [3.05, 3.63) is 24.0 Å². The molecule has 150 valence electrons. The molecule has 27 heavy (non-hydrogen) atoms. The van der Waals surface area contributed by atoms with Crippen LogP contribution < -0.4 is 5.32 Å². The highest BCUT2D eigenvalue weighted by Gasteiger charge is 2.38. The number of likely N-dealkylation sites (tertiary alicyclic amines) is 1. The predicted molar refractivity (Wildman–Crippen MR) is 101 cm³/mol. The van der Waals surface area contributed by atoms with E-state index in [4.69, 9.17) is 9.47 Å². The first kappa shape index (κ1) is 19.9. The molecule has 0 unspecified atom stereocenters. The molecule has 0 atom stereocenters. The van der Waals surface area contributed by atoms with Gasteiger partial charge in [0, 0.05) is 64.7 Å². The summed E-state index contributed by atoms with van der Waals surface area (Å²) in [6.07, 6.45) is 5.72. The van der Waals surface area contributed by atoms with Crippen molar-refractivity contribution in [2.75, 3.05) is 40.0 Å². The first-order chi connectivity index (χ1) is 13.0. The minimum Gasteiger partial charge on any atom is -0.385 e. The second-order valence-electron chi connectivity index (χ2n) is 7.70. The summed E-state index contributed by atoms with van der Waals surface area (Å²) in [6.45, 7) is 3.19. The van der Waals surface area contributed by atoms with Crippen LogP contribution in [0.25, 0.3) is 0 Å². The van der Waals surface area contributed by atoms with Gasteiger partial charge < -0.3 is 24.3 Å². The lowest BCUT2D eigenvalue weighted by Crippen LogP contribution is -2.58. The third kappa shape index (κ3) is 4.71. The molecule has 1 aromatic rings. The van der Waals surface area contributed by atoms with Crippen molar-refractivity contribution in [1.82, 2.24) is 14.8 Å². The topological polar surface area (TPSA) is 72.8 Å². The minimum atomic E-state index is -0.295. The standard InChI is InChI=1S/C20H31N3O4/c1-22-10-3-4-17(22)19(25)23-11-7-20(8-12-23,9-15-26-2)21-18(24)16-5-13-27-14-6-16/h3-4,10,16H,5-9,11-15H2,1-2H3,(H,21,24). The third-order valence-corrected chi connectivity index (χ3v) is 5.94. The largest absolute Gasteiger partial charge is 0.385 e. The molecule has 2 saturated heterocycles. The molecule has 0 saturated carbocycles. The normalized spacial score (nSPS) is 20.4. The van der Waals surface area contributed by atoms with Gasteiger partial charge >= 0.3 is 0 Å². The smallest absolute Gasteiger partial charge is 0.270 e. The Morgan fingerprint density at radius 1 is 1.30 bits per heavy atom. The maximum Gasteiger partial charge on any atom is 0.270 e. The van der Waals surface area contributed by atoms with E-state index < -0.39 is 0 Å². The molecule has 0 aliphatic carbocycles. The monoisotopic (exact) mass is 377 g/mol. The maximum atomic E-state index is 12.8. The second-order valence-corrected chi connectivity index (χ2v) is 7.70. The molecule has 2 aliphatic heterocycles. The van der Waals surface area contributed by atoms with E-state index in [-0.39, 0.29) is 23.3 Å². The first-order valence-corrected chi connectivity index (χ1v) is 9.84. The summed E-state index contributed by atoms with van der Waals surface area (Å²) >= 11 is 0. The van der Waals surface area contributed by atoms with Crippen LogP contribution in [0.4, 0.5) is 0 Å². The zero-order valence-corrected chi connectivity index (χ0v) is 16.4. The first-order valence-electron chi connectivity index (χ1n) is 9.84. The number of rotatable bonds is 6. The number of carbonyl (C=O) groups is 2. The summed E-state index contributed by atoms with van der Waals surface area (Å²) in [7, 11) is 3.57. The minimum absolute atomic E-state index is 0.0289. The van der Waals surface area contributed by atoms with Crippen LogP contribution in [0, 0.1) is 5.92 Å². The number of carbonyl (C=O) groups excluding carboxylic acids is 2. The number of nitrogens with one attached hydrogen (secondary N) is 1. The Morgan fingerprint density at radius 2 is 2.00 bits per heavy atom. The van der Waals surface area contributed by atoms with Crippen LogP contribution in [0.1, 0.15) is 42.6 Å². The number of hydrogen-bond acceptors (Lipinski definition) is 4. The van der Waals surface area contributed by atoms with Crippen LogP contribution in [0.2, 0.25) is 0 Å². The average molecular weight is 377 g/mol. The van der Waals surface area contributed by atoms with Gasteiger partial charge in [-0.3, -0.25) is 9.59 Å². The molecule has 3 rings (SSSR count). The molecule has 1 aromatic heterocycles. The third-order valence-electron chi connectivity index (χ3n) is 5.94. The van der Waals surface area contributed by atoms with E-state index in [0.717, 1.165) is 32.1 Å². The Hall–Kier alpha value is -1.86. The van der Waals surface area contributed by atoms with Crippen molar-refractivity contribution in [3.8, 4) is 0 Å². The zero-order valence-electron chi connectivity index (χ0n) is 16.4. The van der Waals surface area contributed by atoms with Gasteiger partial charge in [0.05, 0.1) is 0 Å². The number of aryl methyl sites for hydroxylation is 1. The van der Waals surface area contributed by atoms with Gasteiger partial charge in [-0.05, 0) is 44.2 Å². The summed E-state index contributed by atoms with van der Waals surface area (Å²) < 4.78 is 12.5. The highest BCUT2D eigenvalue weighted by atomic mass is 16.5. The van der Waals surface area contributed by atoms with Crippen LogP contribution in [0.3, 0.4) is 0 Å². The zero-order chi connectivity index (χ0) is 19.3. The van der Waals surface area contributed by atoms with Gasteiger partial charge in [0.2, 0.25) is 5.91 Å². The highest BCUT2D eigenvalue weighted by molar-refractivity contribution is 5.92. The second kappa shape index (κ2) is 8.89. The molecule has 2 fully saturated rings. The summed E-state index contributed by atoms with van der Waals surface area (Å²) in [4.78, 5) is 27.4. The molecule has 0 radical (unpaired) electrons. The summed E-state index contributed by atoms with van der Waals surface area (Å²) in [5.74, 6) is 0.205. The Bertz CT molecular complexity index is 643. The molecular formula is C20H31N3O4. The van der Waals surface area contributed by atoms with Crippen molar-refractivity contribution in [2.45, 2.75) is 37.6 Å². The lowest BCUT2D eigenvalue weighted by Gasteiger charge is -2.43. The van der Waals surface area contributed by atoms with Gasteiger partial charge in [0.1, 0.15) is 5.69 Å². The fourth-order valence-electron chi connectivity index (χ4n) is 4.04. The van der Waals surface area contributed by atoms with E-state index in [1.807, 2.05) is 34.8 Å². The van der Waals surface area contributed by atoms with Gasteiger partial charge in [-0.15, -0.1) is 0 Å². The SMILES string of the molecule is COCCC1(NC(=O)C2CCOCC2)CCN(C(=O)c2cccn2C)CC1. The summed E-state index contributed by atoms with van der Waals surface area (Å²) in [5, 5.41) is 3.32. The van der Waals surface area contributed by atoms with E-state index in [0.29, 0.717) is 38.6 Å². The Balaban J connectivity index is 1.63. The molecular weight excluding hydrogens is 346 g/mol. The highest BCUT2D eigenvalue weighted by Crippen LogP contribution is 2.28. The number of aromatic nitrogens is 1. The predicted octanol–water partition coefficient (Wildman–Crippen LogP) is 1.58. The molecule has 7 heteroatoms. The van der Waals surface area contributed by atoms with Crippen molar-refractivity contribution in [3.63, 3.8) is 0 Å². The molecule has 0 aromatic carbocycles. The lowest BCUT2D eigenvalue weighted by molar-refractivity contribution is -0.130. The van der Waals surface area contributed by atoms with E-state index >= 15 is 0 Å². The number of ether oxygens (including phenoxy) is 2. The number of nitrogens with zero attached hydrogens (tertiary/aromatic N) is 2. The van der Waals surface area contributed by atoms with Crippen molar-refractivity contribution in [2.24, 2.45) is 13.0 Å². The van der Waals surface area contributed by atoms with E-state index in [2.05, 4.69) is 5.32 Å². The van der Waals surface area contributed by atoms with Gasteiger partial charge in [-0.25, -0.2) is 0 Å². The van der Waals surface area contributed by atoms with Crippen LogP contribution in [0.15, 0.2) is 18.3 Å². The van der Waals surface area contributed by atoms with Crippen LogP contribution >= 0.6 is 0 Å². The number of hydrogen-bond donors (Lipinski definition) is 1. The van der Waals surface area contributed by atoms with Crippen molar-refractivity contribution < 1.29 is 19.1 Å². The quantitative estimate of drug-likeness (QED) is 0.817. The molecule has 2 aliphatic rings. The summed E-state index contributed by atoms with van der Waals surface area (Å²) in [5.41, 5.74) is 0.404. The lowest BCUT2D eigenvalue weighted by atomic mass is 9.83. The number of methoxy groups -OCH3 is 1. The molecule has 2 amide bonds. The summed E-state index contributed by atoms with van der Waals surface area (Å²) in [6, 6.07) is 3.73. The van der Waals surface area contributed by atoms with Crippen LogP contribution in [0.5, 0.6) is 0 Å². The number of piperidine rings is 1. The average Bonchev–Trinajstić information content (AvgIpc) is 3.13. The van der Waals surface area contributed by atoms with E-state index in [9.17, 15) is 9.59 Å². The number of amides is 2. The molecule has 0 bridgehead atoms. The van der Waals surface area contributed by atoms with Crippen LogP contribution in [-0.4, -0.2) is 66.8 Å².